The molecule has 0 aliphatic heterocycles. The number of nitriles is 1. The number of para-hydroxylation sites is 1. The van der Waals surface area contributed by atoms with Crippen molar-refractivity contribution in [3.05, 3.63) is 64.8 Å². The number of rotatable bonds is 2. The molecule has 21 heavy (non-hydrogen) atoms. The van der Waals surface area contributed by atoms with Crippen LogP contribution in [-0.4, -0.2) is 4.98 Å². The molecule has 1 N–H and O–H groups in total. The molecular formula is C17H12ClN3. The van der Waals surface area contributed by atoms with Crippen LogP contribution >= 0.6 is 11.6 Å². The van der Waals surface area contributed by atoms with E-state index < -0.39 is 0 Å². The van der Waals surface area contributed by atoms with Gasteiger partial charge in [-0.25, -0.2) is 0 Å². The van der Waals surface area contributed by atoms with E-state index in [9.17, 15) is 5.26 Å². The van der Waals surface area contributed by atoms with Gasteiger partial charge in [-0.05, 0) is 37.3 Å². The van der Waals surface area contributed by atoms with Crippen molar-refractivity contribution in [2.24, 2.45) is 0 Å². The molecule has 2 aromatic carbocycles. The highest BCUT2D eigenvalue weighted by molar-refractivity contribution is 6.30. The van der Waals surface area contributed by atoms with E-state index in [1.807, 2.05) is 43.3 Å². The highest BCUT2D eigenvalue weighted by Crippen LogP contribution is 2.29. The topological polar surface area (TPSA) is 48.7 Å². The zero-order chi connectivity index (χ0) is 14.8. The fourth-order valence-corrected chi connectivity index (χ4v) is 2.45. The molecule has 0 saturated carbocycles. The lowest BCUT2D eigenvalue weighted by atomic mass is 10.1. The van der Waals surface area contributed by atoms with Crippen LogP contribution in [0, 0.1) is 18.3 Å². The molecule has 0 fully saturated rings. The monoisotopic (exact) mass is 293 g/mol. The summed E-state index contributed by atoms with van der Waals surface area (Å²) >= 11 is 5.93. The van der Waals surface area contributed by atoms with Gasteiger partial charge in [0.25, 0.3) is 0 Å². The van der Waals surface area contributed by atoms with E-state index in [4.69, 9.17) is 11.6 Å². The van der Waals surface area contributed by atoms with Crippen molar-refractivity contribution in [3.63, 3.8) is 0 Å². The van der Waals surface area contributed by atoms with Crippen molar-refractivity contribution < 1.29 is 0 Å². The van der Waals surface area contributed by atoms with Crippen molar-refractivity contribution >= 4 is 33.9 Å². The molecule has 102 valence electrons. The molecule has 1 heterocycles. The van der Waals surface area contributed by atoms with Gasteiger partial charge in [0.1, 0.15) is 6.07 Å². The molecule has 3 aromatic rings. The average molecular weight is 294 g/mol. The van der Waals surface area contributed by atoms with Gasteiger partial charge in [0, 0.05) is 21.8 Å². The average Bonchev–Trinajstić information content (AvgIpc) is 2.48. The number of hydrogen-bond acceptors (Lipinski definition) is 3. The van der Waals surface area contributed by atoms with Crippen molar-refractivity contribution in [2.45, 2.75) is 6.92 Å². The maximum atomic E-state index is 9.23. The largest absolute Gasteiger partial charge is 0.354 e. The third-order valence-corrected chi connectivity index (χ3v) is 3.45. The summed E-state index contributed by atoms with van der Waals surface area (Å²) in [5.74, 6) is 0. The Morgan fingerprint density at radius 1 is 1.10 bits per heavy atom. The molecule has 3 rings (SSSR count). The number of benzene rings is 2. The van der Waals surface area contributed by atoms with Crippen molar-refractivity contribution in [2.75, 3.05) is 5.32 Å². The number of nitrogens with one attached hydrogen (secondary N) is 1. The Hall–Kier alpha value is -2.57. The summed E-state index contributed by atoms with van der Waals surface area (Å²) in [5.41, 5.74) is 4.02. The standard InChI is InChI=1S/C17H12ClN3/c1-11-8-17(14-4-2-3-5-16(14)20-11)21-15-7-6-13(18)9-12(15)10-19/h2-9H,1H3,(H,20,21). The van der Waals surface area contributed by atoms with Crippen LogP contribution in [0.5, 0.6) is 0 Å². The molecule has 0 bridgehead atoms. The number of halogens is 1. The number of anilines is 2. The molecule has 0 aliphatic rings. The third kappa shape index (κ3) is 2.67. The molecule has 0 amide bonds. The van der Waals surface area contributed by atoms with Gasteiger partial charge in [0.15, 0.2) is 0 Å². The third-order valence-electron chi connectivity index (χ3n) is 3.22. The molecule has 0 spiro atoms. The number of aryl methyl sites for hydroxylation is 1. The Balaban J connectivity index is 2.13. The second-order valence-corrected chi connectivity index (χ2v) is 5.19. The molecule has 0 radical (unpaired) electrons. The summed E-state index contributed by atoms with van der Waals surface area (Å²) in [6, 6.07) is 17.3. The maximum absolute atomic E-state index is 9.23. The summed E-state index contributed by atoms with van der Waals surface area (Å²) < 4.78 is 0. The zero-order valence-electron chi connectivity index (χ0n) is 11.4. The van der Waals surface area contributed by atoms with Crippen molar-refractivity contribution in [1.29, 1.82) is 5.26 Å². The highest BCUT2D eigenvalue weighted by Gasteiger charge is 2.07. The van der Waals surface area contributed by atoms with Crippen LogP contribution < -0.4 is 5.32 Å². The van der Waals surface area contributed by atoms with E-state index in [0.717, 1.165) is 28.0 Å². The van der Waals surface area contributed by atoms with Crippen molar-refractivity contribution in [3.8, 4) is 6.07 Å². The fraction of sp³-hybridized carbons (Fsp3) is 0.0588. The molecule has 0 atom stereocenters. The minimum Gasteiger partial charge on any atom is -0.354 e. The van der Waals surface area contributed by atoms with Crippen LogP contribution in [0.2, 0.25) is 5.02 Å². The van der Waals surface area contributed by atoms with Gasteiger partial charge in [-0.2, -0.15) is 5.26 Å². The second-order valence-electron chi connectivity index (χ2n) is 4.76. The summed E-state index contributed by atoms with van der Waals surface area (Å²) in [7, 11) is 0. The van der Waals surface area contributed by atoms with Crippen LogP contribution in [0.3, 0.4) is 0 Å². The predicted molar refractivity (Wildman–Crippen MR) is 85.9 cm³/mol. The number of aromatic nitrogens is 1. The normalized spacial score (nSPS) is 10.3. The van der Waals surface area contributed by atoms with E-state index in [1.165, 1.54) is 0 Å². The molecule has 0 unspecified atom stereocenters. The molecule has 1 aromatic heterocycles. The number of nitrogens with zero attached hydrogens (tertiary/aromatic N) is 2. The summed E-state index contributed by atoms with van der Waals surface area (Å²) in [4.78, 5) is 4.51. The Morgan fingerprint density at radius 3 is 2.71 bits per heavy atom. The van der Waals surface area contributed by atoms with E-state index in [1.54, 1.807) is 12.1 Å². The lowest BCUT2D eigenvalue weighted by molar-refractivity contribution is 1.25. The van der Waals surface area contributed by atoms with Gasteiger partial charge in [0.05, 0.1) is 16.8 Å². The van der Waals surface area contributed by atoms with Gasteiger partial charge in [-0.3, -0.25) is 4.98 Å². The van der Waals surface area contributed by atoms with Gasteiger partial charge in [-0.1, -0.05) is 29.8 Å². The minimum atomic E-state index is 0.515. The first-order chi connectivity index (χ1) is 10.2. The van der Waals surface area contributed by atoms with Crippen LogP contribution in [-0.2, 0) is 0 Å². The SMILES string of the molecule is Cc1cc(Nc2ccc(Cl)cc2C#N)c2ccccc2n1. The van der Waals surface area contributed by atoms with E-state index in [0.29, 0.717) is 10.6 Å². The Labute approximate surface area is 127 Å². The van der Waals surface area contributed by atoms with Crippen LogP contribution in [0.25, 0.3) is 10.9 Å². The lowest BCUT2D eigenvalue weighted by Gasteiger charge is -2.12. The summed E-state index contributed by atoms with van der Waals surface area (Å²) in [6.07, 6.45) is 0. The predicted octanol–water partition coefficient (Wildman–Crippen LogP) is 4.81. The smallest absolute Gasteiger partial charge is 0.101 e. The second kappa shape index (κ2) is 5.43. The van der Waals surface area contributed by atoms with E-state index in [2.05, 4.69) is 16.4 Å². The fourth-order valence-electron chi connectivity index (χ4n) is 2.27. The van der Waals surface area contributed by atoms with E-state index in [-0.39, 0.29) is 0 Å². The molecule has 4 heteroatoms. The molecule has 0 aliphatic carbocycles. The first kappa shape index (κ1) is 13.4. The Bertz CT molecular complexity index is 866. The first-order valence-electron chi connectivity index (χ1n) is 6.50. The van der Waals surface area contributed by atoms with Crippen LogP contribution in [0.15, 0.2) is 48.5 Å². The van der Waals surface area contributed by atoms with E-state index >= 15 is 0 Å². The van der Waals surface area contributed by atoms with Gasteiger partial charge < -0.3 is 5.32 Å². The van der Waals surface area contributed by atoms with Gasteiger partial charge >= 0.3 is 0 Å². The Kier molecular flexibility index (Phi) is 3.47. The van der Waals surface area contributed by atoms with Gasteiger partial charge in [-0.15, -0.1) is 0 Å². The number of hydrogen-bond donors (Lipinski definition) is 1. The summed E-state index contributed by atoms with van der Waals surface area (Å²) in [6.45, 7) is 1.95. The Morgan fingerprint density at radius 2 is 1.90 bits per heavy atom. The first-order valence-corrected chi connectivity index (χ1v) is 6.88. The number of pyridine rings is 1. The highest BCUT2D eigenvalue weighted by atomic mass is 35.5. The van der Waals surface area contributed by atoms with Gasteiger partial charge in [0.2, 0.25) is 0 Å². The lowest BCUT2D eigenvalue weighted by Crippen LogP contribution is -1.96. The zero-order valence-corrected chi connectivity index (χ0v) is 12.1. The quantitative estimate of drug-likeness (QED) is 0.737. The van der Waals surface area contributed by atoms with Crippen LogP contribution in [0.4, 0.5) is 11.4 Å². The van der Waals surface area contributed by atoms with Crippen molar-refractivity contribution in [1.82, 2.24) is 4.98 Å². The molecular weight excluding hydrogens is 282 g/mol. The summed E-state index contributed by atoms with van der Waals surface area (Å²) in [5, 5.41) is 14.1. The minimum absolute atomic E-state index is 0.515. The van der Waals surface area contributed by atoms with Crippen LogP contribution in [0.1, 0.15) is 11.3 Å². The maximum Gasteiger partial charge on any atom is 0.101 e. The number of fused-ring (bicyclic) bond motifs is 1. The molecule has 0 saturated heterocycles. The molecule has 3 nitrogen and oxygen atoms in total.